The predicted molar refractivity (Wildman–Crippen MR) is 90.6 cm³/mol. The molecule has 2 rings (SSSR count). The normalized spacial score (nSPS) is 14.7. The highest BCUT2D eigenvalue weighted by molar-refractivity contribution is 9.10. The second-order valence-corrected chi connectivity index (χ2v) is 6.86. The lowest BCUT2D eigenvalue weighted by molar-refractivity contribution is 0.397. The van der Waals surface area contributed by atoms with Crippen LogP contribution in [-0.4, -0.2) is 15.4 Å². The topological polar surface area (TPSA) is 17.8 Å². The first kappa shape index (κ1) is 15.8. The number of hydrogen-bond donors (Lipinski definition) is 0. The second-order valence-electron chi connectivity index (χ2n) is 5.57. The van der Waals surface area contributed by atoms with Crippen molar-refractivity contribution in [2.45, 2.75) is 46.1 Å². The monoisotopic (exact) mass is 356 g/mol. The van der Waals surface area contributed by atoms with Crippen LogP contribution in [0.4, 0.5) is 0 Å². The van der Waals surface area contributed by atoms with Crippen LogP contribution in [-0.2, 0) is 6.42 Å². The molecule has 0 bridgehead atoms. The van der Waals surface area contributed by atoms with Gasteiger partial charge in [-0.05, 0) is 37.5 Å². The van der Waals surface area contributed by atoms with Crippen molar-refractivity contribution in [2.24, 2.45) is 5.92 Å². The minimum Gasteiger partial charge on any atom is -0.325 e. The molecule has 0 fully saturated rings. The number of nitrogens with zero attached hydrogens (tertiary/aromatic N) is 2. The fourth-order valence-electron chi connectivity index (χ4n) is 2.72. The molecule has 2 nitrogen and oxygen atoms in total. The highest BCUT2D eigenvalue weighted by Crippen LogP contribution is 2.28. The van der Waals surface area contributed by atoms with E-state index in [4.69, 9.17) is 16.6 Å². The Hall–Kier alpha value is -0.540. The van der Waals surface area contributed by atoms with Crippen LogP contribution in [0.15, 0.2) is 22.7 Å². The fourth-order valence-corrected chi connectivity index (χ4v) is 3.24. The molecule has 4 heteroatoms. The molecule has 2 unspecified atom stereocenters. The number of halogens is 2. The lowest BCUT2D eigenvalue weighted by Crippen LogP contribution is -2.13. The third-order valence-corrected chi connectivity index (χ3v) is 4.61. The largest absolute Gasteiger partial charge is 0.325 e. The van der Waals surface area contributed by atoms with Crippen molar-refractivity contribution in [2.75, 3.05) is 5.88 Å². The van der Waals surface area contributed by atoms with E-state index in [0.717, 1.165) is 28.2 Å². The lowest BCUT2D eigenvalue weighted by Gasteiger charge is -2.20. The molecule has 20 heavy (non-hydrogen) atoms. The van der Waals surface area contributed by atoms with Crippen molar-refractivity contribution in [3.8, 4) is 0 Å². The summed E-state index contributed by atoms with van der Waals surface area (Å²) in [4.78, 5) is 4.76. The Kier molecular flexibility index (Phi) is 5.50. The van der Waals surface area contributed by atoms with Crippen molar-refractivity contribution in [3.05, 3.63) is 28.5 Å². The smallest absolute Gasteiger partial charge is 0.111 e. The molecule has 0 N–H and O–H groups in total. The average molecular weight is 358 g/mol. The van der Waals surface area contributed by atoms with Gasteiger partial charge in [0.25, 0.3) is 0 Å². The molecule has 0 spiro atoms. The van der Waals surface area contributed by atoms with Crippen LogP contribution in [0.5, 0.6) is 0 Å². The summed E-state index contributed by atoms with van der Waals surface area (Å²) in [6.07, 6.45) is 3.20. The molecule has 2 aromatic rings. The van der Waals surface area contributed by atoms with Crippen molar-refractivity contribution >= 4 is 38.6 Å². The van der Waals surface area contributed by atoms with E-state index in [0.29, 0.717) is 11.9 Å². The van der Waals surface area contributed by atoms with Crippen LogP contribution in [0.1, 0.15) is 45.5 Å². The maximum absolute atomic E-state index is 5.94. The van der Waals surface area contributed by atoms with Gasteiger partial charge in [0, 0.05) is 22.8 Å². The van der Waals surface area contributed by atoms with Crippen LogP contribution in [0, 0.1) is 5.92 Å². The zero-order chi connectivity index (χ0) is 14.7. The summed E-state index contributed by atoms with van der Waals surface area (Å²) in [5.41, 5.74) is 2.26. The molecule has 0 radical (unpaired) electrons. The Labute approximate surface area is 134 Å². The van der Waals surface area contributed by atoms with E-state index in [1.165, 1.54) is 18.4 Å². The number of aryl methyl sites for hydroxylation is 1. The maximum atomic E-state index is 5.94. The molecule has 2 atom stereocenters. The van der Waals surface area contributed by atoms with E-state index in [-0.39, 0.29) is 0 Å². The van der Waals surface area contributed by atoms with Crippen molar-refractivity contribution in [1.29, 1.82) is 0 Å². The third kappa shape index (κ3) is 3.37. The molecule has 0 aliphatic heterocycles. The minimum absolute atomic E-state index is 0.447. The molecule has 1 heterocycles. The van der Waals surface area contributed by atoms with E-state index >= 15 is 0 Å². The average Bonchev–Trinajstić information content (AvgIpc) is 2.76. The zero-order valence-corrected chi connectivity index (χ0v) is 14.7. The molecule has 0 amide bonds. The number of benzene rings is 1. The highest BCUT2D eigenvalue weighted by Gasteiger charge is 2.17. The molecular formula is C16H22BrClN2. The Morgan fingerprint density at radius 2 is 2.10 bits per heavy atom. The van der Waals surface area contributed by atoms with Gasteiger partial charge in [0.05, 0.1) is 11.0 Å². The highest BCUT2D eigenvalue weighted by atomic mass is 79.9. The summed E-state index contributed by atoms with van der Waals surface area (Å²) < 4.78 is 3.47. The third-order valence-electron chi connectivity index (χ3n) is 3.92. The van der Waals surface area contributed by atoms with Crippen LogP contribution >= 0.6 is 27.5 Å². The first-order valence-corrected chi connectivity index (χ1v) is 8.61. The van der Waals surface area contributed by atoms with Crippen LogP contribution < -0.4 is 0 Å². The standard InChI is InChI=1S/C16H22BrClN2/c1-4-11(2)9-12(3)20-15-10-13(17)5-6-14(15)19-16(20)7-8-18/h5-6,10-12H,4,7-9H2,1-3H3. The van der Waals surface area contributed by atoms with Gasteiger partial charge >= 0.3 is 0 Å². The van der Waals surface area contributed by atoms with Crippen molar-refractivity contribution in [3.63, 3.8) is 0 Å². The summed E-state index contributed by atoms with van der Waals surface area (Å²) in [6, 6.07) is 6.72. The van der Waals surface area contributed by atoms with Gasteiger partial charge in [0.15, 0.2) is 0 Å². The predicted octanol–water partition coefficient (Wildman–Crippen LogP) is 5.58. The Morgan fingerprint density at radius 1 is 1.35 bits per heavy atom. The summed E-state index contributed by atoms with van der Waals surface area (Å²) in [5.74, 6) is 2.43. The number of alkyl halides is 1. The van der Waals surface area contributed by atoms with E-state index in [2.05, 4.69) is 53.4 Å². The van der Waals surface area contributed by atoms with E-state index in [1.807, 2.05) is 6.07 Å². The number of fused-ring (bicyclic) bond motifs is 1. The van der Waals surface area contributed by atoms with E-state index < -0.39 is 0 Å². The van der Waals surface area contributed by atoms with Gasteiger partial charge < -0.3 is 4.57 Å². The molecule has 0 saturated heterocycles. The summed E-state index contributed by atoms with van der Waals surface area (Å²) in [5, 5.41) is 0. The minimum atomic E-state index is 0.447. The van der Waals surface area contributed by atoms with Crippen molar-refractivity contribution < 1.29 is 0 Å². The van der Waals surface area contributed by atoms with Gasteiger partial charge in [0.1, 0.15) is 5.82 Å². The van der Waals surface area contributed by atoms with Gasteiger partial charge in [-0.1, -0.05) is 36.2 Å². The van der Waals surface area contributed by atoms with Gasteiger partial charge in [-0.15, -0.1) is 11.6 Å². The lowest BCUT2D eigenvalue weighted by atomic mass is 10.00. The molecule has 1 aromatic carbocycles. The Morgan fingerprint density at radius 3 is 2.75 bits per heavy atom. The molecule has 0 saturated carbocycles. The summed E-state index contributed by atoms with van der Waals surface area (Å²) in [7, 11) is 0. The van der Waals surface area contributed by atoms with Crippen molar-refractivity contribution in [1.82, 2.24) is 9.55 Å². The summed E-state index contributed by atoms with van der Waals surface area (Å²) >= 11 is 9.50. The number of rotatable bonds is 6. The van der Waals surface area contributed by atoms with Crippen LogP contribution in [0.25, 0.3) is 11.0 Å². The Balaban J connectivity index is 2.46. The Bertz CT molecular complexity index is 579. The van der Waals surface area contributed by atoms with Gasteiger partial charge in [-0.25, -0.2) is 4.98 Å². The number of hydrogen-bond acceptors (Lipinski definition) is 1. The van der Waals surface area contributed by atoms with Gasteiger partial charge in [-0.3, -0.25) is 0 Å². The second kappa shape index (κ2) is 6.95. The zero-order valence-electron chi connectivity index (χ0n) is 12.4. The van der Waals surface area contributed by atoms with E-state index in [9.17, 15) is 0 Å². The quantitative estimate of drug-likeness (QED) is 0.617. The molecule has 1 aromatic heterocycles. The van der Waals surface area contributed by atoms with Crippen LogP contribution in [0.2, 0.25) is 0 Å². The number of aromatic nitrogens is 2. The van der Waals surface area contributed by atoms with Crippen LogP contribution in [0.3, 0.4) is 0 Å². The molecule has 0 aliphatic carbocycles. The van der Waals surface area contributed by atoms with Gasteiger partial charge in [0.2, 0.25) is 0 Å². The van der Waals surface area contributed by atoms with E-state index in [1.54, 1.807) is 0 Å². The number of imidazole rings is 1. The summed E-state index contributed by atoms with van der Waals surface area (Å²) in [6.45, 7) is 6.85. The maximum Gasteiger partial charge on any atom is 0.111 e. The SMILES string of the molecule is CCC(C)CC(C)n1c(CCCl)nc2ccc(Br)cc21. The first-order valence-electron chi connectivity index (χ1n) is 7.29. The first-order chi connectivity index (χ1) is 9.56. The molecule has 0 aliphatic rings. The molecular weight excluding hydrogens is 336 g/mol. The fraction of sp³-hybridized carbons (Fsp3) is 0.562. The molecule has 110 valence electrons. The van der Waals surface area contributed by atoms with Gasteiger partial charge in [-0.2, -0.15) is 0 Å².